The molecule has 0 unspecified atom stereocenters. The molecule has 0 fully saturated rings. The highest BCUT2D eigenvalue weighted by atomic mass is 35.5. The third-order valence-corrected chi connectivity index (χ3v) is 4.23. The summed E-state index contributed by atoms with van der Waals surface area (Å²) in [6.07, 6.45) is 3.27. The summed E-state index contributed by atoms with van der Waals surface area (Å²) in [6.45, 7) is 2.88. The van der Waals surface area contributed by atoms with Crippen molar-refractivity contribution in [3.05, 3.63) is 29.6 Å². The number of anilines is 1. The van der Waals surface area contributed by atoms with Crippen molar-refractivity contribution in [1.29, 1.82) is 0 Å². The van der Waals surface area contributed by atoms with Crippen LogP contribution in [0, 0.1) is 0 Å². The van der Waals surface area contributed by atoms with Gasteiger partial charge >= 0.3 is 0 Å². The Morgan fingerprint density at radius 1 is 1.30 bits per heavy atom. The average Bonchev–Trinajstić information content (AvgIpc) is 3.02. The van der Waals surface area contributed by atoms with Crippen LogP contribution in [0.1, 0.15) is 32.6 Å². The van der Waals surface area contributed by atoms with Crippen LogP contribution in [0.5, 0.6) is 5.75 Å². The Morgan fingerprint density at radius 3 is 2.78 bits per heavy atom. The van der Waals surface area contributed by atoms with Crippen LogP contribution in [-0.2, 0) is 4.79 Å². The van der Waals surface area contributed by atoms with E-state index in [4.69, 9.17) is 16.3 Å². The molecule has 1 aromatic heterocycles. The van der Waals surface area contributed by atoms with Crippen molar-refractivity contribution < 1.29 is 9.53 Å². The smallest absolute Gasteiger partial charge is 0.226 e. The highest BCUT2D eigenvalue weighted by Gasteiger charge is 2.08. The first-order chi connectivity index (χ1) is 11.2. The van der Waals surface area contributed by atoms with Crippen LogP contribution in [-0.4, -0.2) is 23.4 Å². The molecule has 4 nitrogen and oxygen atoms in total. The summed E-state index contributed by atoms with van der Waals surface area (Å²) in [6, 6.07) is 7.86. The van der Waals surface area contributed by atoms with Crippen LogP contribution in [0.25, 0.3) is 11.3 Å². The first-order valence-corrected chi connectivity index (χ1v) is 9.19. The average molecular weight is 353 g/mol. The van der Waals surface area contributed by atoms with Crippen LogP contribution < -0.4 is 10.1 Å². The van der Waals surface area contributed by atoms with Crippen molar-refractivity contribution in [2.24, 2.45) is 0 Å². The van der Waals surface area contributed by atoms with Crippen molar-refractivity contribution in [1.82, 2.24) is 4.98 Å². The second kappa shape index (κ2) is 9.53. The van der Waals surface area contributed by atoms with Crippen molar-refractivity contribution in [3.8, 4) is 17.0 Å². The van der Waals surface area contributed by atoms with Crippen LogP contribution in [0.3, 0.4) is 0 Å². The number of nitrogens with one attached hydrogen (secondary N) is 1. The van der Waals surface area contributed by atoms with Gasteiger partial charge in [0, 0.05) is 23.2 Å². The third-order valence-electron chi connectivity index (χ3n) is 3.20. The van der Waals surface area contributed by atoms with Crippen LogP contribution >= 0.6 is 22.9 Å². The quantitative estimate of drug-likeness (QED) is 0.513. The SMILES string of the molecule is CCCCOc1ccc(-c2csc(NC(=O)CCCCl)n2)cc1. The van der Waals surface area contributed by atoms with Crippen LogP contribution in [0.4, 0.5) is 5.13 Å². The Morgan fingerprint density at radius 2 is 2.09 bits per heavy atom. The summed E-state index contributed by atoms with van der Waals surface area (Å²) in [5.41, 5.74) is 1.85. The fourth-order valence-electron chi connectivity index (χ4n) is 1.93. The normalized spacial score (nSPS) is 10.5. The Balaban J connectivity index is 1.93. The summed E-state index contributed by atoms with van der Waals surface area (Å²) in [7, 11) is 0. The van der Waals surface area contributed by atoms with E-state index in [1.807, 2.05) is 29.6 Å². The summed E-state index contributed by atoms with van der Waals surface area (Å²) >= 11 is 7.00. The van der Waals surface area contributed by atoms with Crippen molar-refractivity contribution in [2.45, 2.75) is 32.6 Å². The maximum Gasteiger partial charge on any atom is 0.226 e. The van der Waals surface area contributed by atoms with Gasteiger partial charge in [-0.25, -0.2) is 4.98 Å². The molecule has 0 saturated carbocycles. The fraction of sp³-hybridized carbons (Fsp3) is 0.412. The standard InChI is InChI=1S/C17H21ClN2O2S/c1-2-3-11-22-14-8-6-13(7-9-14)15-12-23-17(19-15)20-16(21)5-4-10-18/h6-9,12H,2-5,10-11H2,1H3,(H,19,20,21). The van der Waals surface area contributed by atoms with Gasteiger partial charge in [0.05, 0.1) is 12.3 Å². The number of carbonyl (C=O) groups excluding carboxylic acids is 1. The summed E-state index contributed by atoms with van der Waals surface area (Å²) in [5.74, 6) is 1.31. The molecule has 124 valence electrons. The second-order valence-corrected chi connectivity index (χ2v) is 6.34. The Labute approximate surface area is 145 Å². The van der Waals surface area contributed by atoms with Crippen molar-refractivity contribution in [3.63, 3.8) is 0 Å². The number of carbonyl (C=O) groups is 1. The highest BCUT2D eigenvalue weighted by Crippen LogP contribution is 2.26. The number of aromatic nitrogens is 1. The van der Waals surface area contributed by atoms with Crippen LogP contribution in [0.2, 0.25) is 0 Å². The van der Waals surface area contributed by atoms with Gasteiger partial charge in [0.15, 0.2) is 5.13 Å². The van der Waals surface area contributed by atoms with Gasteiger partial charge in [-0.1, -0.05) is 13.3 Å². The Hall–Kier alpha value is -1.59. The minimum absolute atomic E-state index is 0.0498. The van der Waals surface area contributed by atoms with Gasteiger partial charge in [-0.15, -0.1) is 22.9 Å². The molecule has 1 N–H and O–H groups in total. The van der Waals surface area contributed by atoms with E-state index >= 15 is 0 Å². The van der Waals surface area contributed by atoms with Gasteiger partial charge in [-0.3, -0.25) is 4.79 Å². The number of rotatable bonds is 9. The van der Waals surface area contributed by atoms with Gasteiger partial charge < -0.3 is 10.1 Å². The Bertz CT molecular complexity index is 613. The van der Waals surface area contributed by atoms with Crippen molar-refractivity contribution >= 4 is 34.0 Å². The van der Waals surface area contributed by atoms with Gasteiger partial charge in [-0.2, -0.15) is 0 Å². The molecule has 0 aliphatic carbocycles. The summed E-state index contributed by atoms with van der Waals surface area (Å²) in [5, 5.41) is 5.35. The van der Waals surface area contributed by atoms with E-state index in [1.165, 1.54) is 11.3 Å². The van der Waals surface area contributed by atoms with E-state index in [1.54, 1.807) is 0 Å². The van der Waals surface area contributed by atoms with Crippen molar-refractivity contribution in [2.75, 3.05) is 17.8 Å². The molecule has 0 bridgehead atoms. The number of hydrogen-bond acceptors (Lipinski definition) is 4. The molecular weight excluding hydrogens is 332 g/mol. The fourth-order valence-corrected chi connectivity index (χ4v) is 2.80. The number of alkyl halides is 1. The molecule has 0 spiro atoms. The largest absolute Gasteiger partial charge is 0.494 e. The number of unbranched alkanes of at least 4 members (excludes halogenated alkanes) is 1. The van der Waals surface area contributed by atoms with Crippen LogP contribution in [0.15, 0.2) is 29.6 Å². The molecule has 0 aliphatic rings. The van der Waals surface area contributed by atoms with E-state index in [-0.39, 0.29) is 5.91 Å². The first kappa shape index (κ1) is 17.8. The maximum absolute atomic E-state index is 11.7. The lowest BCUT2D eigenvalue weighted by Gasteiger charge is -2.05. The molecule has 2 aromatic rings. The molecule has 0 saturated heterocycles. The number of ether oxygens (including phenoxy) is 1. The first-order valence-electron chi connectivity index (χ1n) is 7.77. The molecule has 0 radical (unpaired) electrons. The molecular formula is C17H21ClN2O2S. The minimum atomic E-state index is -0.0498. The zero-order chi connectivity index (χ0) is 16.5. The topological polar surface area (TPSA) is 51.2 Å². The number of halogens is 1. The summed E-state index contributed by atoms with van der Waals surface area (Å²) in [4.78, 5) is 16.1. The predicted molar refractivity (Wildman–Crippen MR) is 96.5 cm³/mol. The molecule has 1 amide bonds. The number of thiazole rings is 1. The minimum Gasteiger partial charge on any atom is -0.494 e. The van der Waals surface area contributed by atoms with E-state index in [0.717, 1.165) is 36.5 Å². The monoisotopic (exact) mass is 352 g/mol. The molecule has 6 heteroatoms. The lowest BCUT2D eigenvalue weighted by molar-refractivity contribution is -0.116. The number of hydrogen-bond donors (Lipinski definition) is 1. The van der Waals surface area contributed by atoms with E-state index in [0.29, 0.717) is 23.9 Å². The molecule has 23 heavy (non-hydrogen) atoms. The highest BCUT2D eigenvalue weighted by molar-refractivity contribution is 7.14. The molecule has 2 rings (SSSR count). The lowest BCUT2D eigenvalue weighted by atomic mass is 10.2. The number of nitrogens with zero attached hydrogens (tertiary/aromatic N) is 1. The predicted octanol–water partition coefficient (Wildman–Crippen LogP) is 4.95. The van der Waals surface area contributed by atoms with Gasteiger partial charge in [0.2, 0.25) is 5.91 Å². The zero-order valence-electron chi connectivity index (χ0n) is 13.2. The summed E-state index contributed by atoms with van der Waals surface area (Å²) < 4.78 is 5.65. The van der Waals surface area contributed by atoms with E-state index < -0.39 is 0 Å². The molecule has 1 heterocycles. The zero-order valence-corrected chi connectivity index (χ0v) is 14.8. The molecule has 0 aliphatic heterocycles. The van der Waals surface area contributed by atoms with E-state index in [9.17, 15) is 4.79 Å². The van der Waals surface area contributed by atoms with Gasteiger partial charge in [0.1, 0.15) is 5.75 Å². The van der Waals surface area contributed by atoms with Gasteiger partial charge in [0.25, 0.3) is 0 Å². The number of benzene rings is 1. The number of amides is 1. The van der Waals surface area contributed by atoms with Gasteiger partial charge in [-0.05, 0) is 37.1 Å². The second-order valence-electron chi connectivity index (χ2n) is 5.11. The molecule has 1 aromatic carbocycles. The van der Waals surface area contributed by atoms with E-state index in [2.05, 4.69) is 17.2 Å². The lowest BCUT2D eigenvalue weighted by Crippen LogP contribution is -2.10. The third kappa shape index (κ3) is 5.84. The molecule has 0 atom stereocenters. The Kier molecular flexibility index (Phi) is 7.36. The maximum atomic E-state index is 11.7.